The molecule has 84 valence electrons. The third kappa shape index (κ3) is 2.94. The molecule has 1 rings (SSSR count). The summed E-state index contributed by atoms with van der Waals surface area (Å²) in [7, 11) is 0. The first-order valence-electron chi connectivity index (χ1n) is 5.79. The number of aliphatic hydroxyl groups is 1. The number of hydrogen-bond acceptors (Lipinski definition) is 3. The normalized spacial score (nSPS) is 29.6. The van der Waals surface area contributed by atoms with E-state index in [1.165, 1.54) is 19.3 Å². The second kappa shape index (κ2) is 5.69. The average molecular weight is 200 g/mol. The molecule has 0 aliphatic carbocycles. The second-order valence-electron chi connectivity index (χ2n) is 4.52. The standard InChI is InChI=1S/C11H24N2O/c1-9(12)10(2)13-7-5-3-4-6-11(13)8-14/h9-11,14H,3-8,12H2,1-2H3. The Labute approximate surface area is 87.3 Å². The topological polar surface area (TPSA) is 49.5 Å². The summed E-state index contributed by atoms with van der Waals surface area (Å²) in [6.07, 6.45) is 4.90. The second-order valence-corrected chi connectivity index (χ2v) is 4.52. The summed E-state index contributed by atoms with van der Waals surface area (Å²) in [4.78, 5) is 2.39. The van der Waals surface area contributed by atoms with Gasteiger partial charge in [-0.3, -0.25) is 4.90 Å². The zero-order valence-corrected chi connectivity index (χ0v) is 9.45. The van der Waals surface area contributed by atoms with Crippen molar-refractivity contribution in [3.63, 3.8) is 0 Å². The highest BCUT2D eigenvalue weighted by Crippen LogP contribution is 2.19. The lowest BCUT2D eigenvalue weighted by atomic mass is 10.1. The minimum Gasteiger partial charge on any atom is -0.395 e. The molecule has 1 fully saturated rings. The van der Waals surface area contributed by atoms with Gasteiger partial charge in [0.05, 0.1) is 6.61 Å². The van der Waals surface area contributed by atoms with Crippen molar-refractivity contribution in [1.82, 2.24) is 4.90 Å². The molecule has 3 atom stereocenters. The summed E-state index contributed by atoms with van der Waals surface area (Å²) >= 11 is 0. The molecular formula is C11H24N2O. The van der Waals surface area contributed by atoms with Crippen molar-refractivity contribution in [3.8, 4) is 0 Å². The van der Waals surface area contributed by atoms with Gasteiger partial charge in [0.1, 0.15) is 0 Å². The highest BCUT2D eigenvalue weighted by atomic mass is 16.3. The molecule has 3 unspecified atom stereocenters. The van der Waals surface area contributed by atoms with Gasteiger partial charge >= 0.3 is 0 Å². The molecule has 0 aromatic rings. The van der Waals surface area contributed by atoms with Gasteiger partial charge in [-0.1, -0.05) is 12.8 Å². The molecule has 1 heterocycles. The van der Waals surface area contributed by atoms with Crippen LogP contribution in [0.5, 0.6) is 0 Å². The Morgan fingerprint density at radius 1 is 1.36 bits per heavy atom. The third-order valence-corrected chi connectivity index (χ3v) is 3.42. The van der Waals surface area contributed by atoms with E-state index < -0.39 is 0 Å². The number of hydrogen-bond donors (Lipinski definition) is 2. The lowest BCUT2D eigenvalue weighted by Crippen LogP contribution is -2.50. The maximum absolute atomic E-state index is 9.33. The Balaban J connectivity index is 2.60. The fourth-order valence-electron chi connectivity index (χ4n) is 2.23. The Bertz CT molecular complexity index is 161. The predicted octanol–water partition coefficient (Wildman–Crippen LogP) is 0.959. The lowest BCUT2D eigenvalue weighted by Gasteiger charge is -2.36. The average Bonchev–Trinajstić information content (AvgIpc) is 2.40. The number of rotatable bonds is 3. The monoisotopic (exact) mass is 200 g/mol. The van der Waals surface area contributed by atoms with E-state index >= 15 is 0 Å². The number of nitrogens with two attached hydrogens (primary N) is 1. The highest BCUT2D eigenvalue weighted by molar-refractivity contribution is 4.83. The van der Waals surface area contributed by atoms with Crippen LogP contribution >= 0.6 is 0 Å². The van der Waals surface area contributed by atoms with E-state index in [2.05, 4.69) is 11.8 Å². The summed E-state index contributed by atoms with van der Waals surface area (Å²) in [5, 5.41) is 9.33. The number of aliphatic hydroxyl groups excluding tert-OH is 1. The molecule has 1 aliphatic heterocycles. The van der Waals surface area contributed by atoms with Crippen LogP contribution in [0, 0.1) is 0 Å². The first-order chi connectivity index (χ1) is 6.66. The van der Waals surface area contributed by atoms with E-state index in [4.69, 9.17) is 5.73 Å². The van der Waals surface area contributed by atoms with Crippen LogP contribution in [0.2, 0.25) is 0 Å². The molecule has 3 N–H and O–H groups in total. The van der Waals surface area contributed by atoms with E-state index in [1.807, 2.05) is 6.92 Å². The summed E-state index contributed by atoms with van der Waals surface area (Å²) in [5.74, 6) is 0. The van der Waals surface area contributed by atoms with Crippen molar-refractivity contribution in [2.24, 2.45) is 5.73 Å². The maximum atomic E-state index is 9.33. The minimum absolute atomic E-state index is 0.183. The first kappa shape index (κ1) is 12.0. The van der Waals surface area contributed by atoms with E-state index in [9.17, 15) is 5.11 Å². The van der Waals surface area contributed by atoms with Gasteiger partial charge in [-0.15, -0.1) is 0 Å². The fourth-order valence-corrected chi connectivity index (χ4v) is 2.23. The first-order valence-corrected chi connectivity index (χ1v) is 5.79. The molecule has 0 aromatic carbocycles. The molecular weight excluding hydrogens is 176 g/mol. The zero-order valence-electron chi connectivity index (χ0n) is 9.45. The SMILES string of the molecule is CC(N)C(C)N1CCCCCC1CO. The molecule has 14 heavy (non-hydrogen) atoms. The van der Waals surface area contributed by atoms with Crippen molar-refractivity contribution in [1.29, 1.82) is 0 Å². The molecule has 0 radical (unpaired) electrons. The molecule has 3 nitrogen and oxygen atoms in total. The van der Waals surface area contributed by atoms with Crippen LogP contribution in [0.15, 0.2) is 0 Å². The molecule has 0 bridgehead atoms. The smallest absolute Gasteiger partial charge is 0.0586 e. The predicted molar refractivity (Wildman–Crippen MR) is 59.2 cm³/mol. The fraction of sp³-hybridized carbons (Fsp3) is 1.00. The molecule has 0 spiro atoms. The summed E-state index contributed by atoms with van der Waals surface area (Å²) in [5.41, 5.74) is 5.91. The lowest BCUT2D eigenvalue weighted by molar-refractivity contribution is 0.0827. The Morgan fingerprint density at radius 2 is 2.07 bits per heavy atom. The molecule has 0 amide bonds. The Morgan fingerprint density at radius 3 is 2.64 bits per heavy atom. The van der Waals surface area contributed by atoms with Gasteiger partial charge in [-0.25, -0.2) is 0 Å². The molecule has 1 aliphatic rings. The summed E-state index contributed by atoms with van der Waals surface area (Å²) in [6, 6.07) is 0.894. The minimum atomic E-state index is 0.183. The van der Waals surface area contributed by atoms with Crippen molar-refractivity contribution < 1.29 is 5.11 Å². The summed E-state index contributed by atoms with van der Waals surface area (Å²) < 4.78 is 0. The van der Waals surface area contributed by atoms with Gasteiger partial charge in [0.25, 0.3) is 0 Å². The third-order valence-electron chi connectivity index (χ3n) is 3.42. The molecule has 3 heteroatoms. The Hall–Kier alpha value is -0.120. The van der Waals surface area contributed by atoms with E-state index in [1.54, 1.807) is 0 Å². The van der Waals surface area contributed by atoms with Crippen LogP contribution < -0.4 is 5.73 Å². The van der Waals surface area contributed by atoms with Gasteiger partial charge in [0.15, 0.2) is 0 Å². The van der Waals surface area contributed by atoms with Crippen LogP contribution in [0.3, 0.4) is 0 Å². The van der Waals surface area contributed by atoms with E-state index in [-0.39, 0.29) is 12.6 Å². The summed E-state index contributed by atoms with van der Waals surface area (Å²) in [6.45, 7) is 5.58. The molecule has 1 saturated heterocycles. The van der Waals surface area contributed by atoms with Crippen LogP contribution in [-0.4, -0.2) is 41.3 Å². The van der Waals surface area contributed by atoms with E-state index in [0.29, 0.717) is 12.1 Å². The Kier molecular flexibility index (Phi) is 4.85. The van der Waals surface area contributed by atoms with Crippen LogP contribution in [0.1, 0.15) is 39.5 Å². The molecule has 0 saturated carbocycles. The largest absolute Gasteiger partial charge is 0.395 e. The highest BCUT2D eigenvalue weighted by Gasteiger charge is 2.26. The maximum Gasteiger partial charge on any atom is 0.0586 e. The van der Waals surface area contributed by atoms with E-state index in [0.717, 1.165) is 13.0 Å². The van der Waals surface area contributed by atoms with Crippen LogP contribution in [0.25, 0.3) is 0 Å². The van der Waals surface area contributed by atoms with Gasteiger partial charge < -0.3 is 10.8 Å². The van der Waals surface area contributed by atoms with Gasteiger partial charge in [-0.2, -0.15) is 0 Å². The molecule has 0 aromatic heterocycles. The number of nitrogens with zero attached hydrogens (tertiary/aromatic N) is 1. The zero-order chi connectivity index (χ0) is 10.6. The van der Waals surface area contributed by atoms with Gasteiger partial charge in [0.2, 0.25) is 0 Å². The van der Waals surface area contributed by atoms with Gasteiger partial charge in [-0.05, 0) is 33.2 Å². The van der Waals surface area contributed by atoms with Crippen molar-refractivity contribution >= 4 is 0 Å². The van der Waals surface area contributed by atoms with Gasteiger partial charge in [0, 0.05) is 18.1 Å². The quantitative estimate of drug-likeness (QED) is 0.713. The van der Waals surface area contributed by atoms with Crippen molar-refractivity contribution in [2.45, 2.75) is 57.7 Å². The van der Waals surface area contributed by atoms with Crippen LogP contribution in [-0.2, 0) is 0 Å². The van der Waals surface area contributed by atoms with Crippen molar-refractivity contribution in [3.05, 3.63) is 0 Å². The van der Waals surface area contributed by atoms with Crippen molar-refractivity contribution in [2.75, 3.05) is 13.2 Å². The number of likely N-dealkylation sites (tertiary alicyclic amines) is 1. The van der Waals surface area contributed by atoms with Crippen LogP contribution in [0.4, 0.5) is 0 Å².